The summed E-state index contributed by atoms with van der Waals surface area (Å²) < 4.78 is 5.07. The Hall–Kier alpha value is -1.78. The molecule has 0 radical (unpaired) electrons. The summed E-state index contributed by atoms with van der Waals surface area (Å²) in [4.78, 5) is 13.6. The van der Waals surface area contributed by atoms with Gasteiger partial charge in [-0.05, 0) is 13.0 Å². The molecule has 1 aromatic carbocycles. The lowest BCUT2D eigenvalue weighted by atomic mass is 10.1. The summed E-state index contributed by atoms with van der Waals surface area (Å²) in [6.45, 7) is 3.02. The number of nitrogens with zero attached hydrogens (tertiary/aromatic N) is 1. The average Bonchev–Trinajstić information content (AvgIpc) is 2.87. The summed E-state index contributed by atoms with van der Waals surface area (Å²) in [6, 6.07) is 7.56. The van der Waals surface area contributed by atoms with Crippen molar-refractivity contribution < 1.29 is 14.4 Å². The van der Waals surface area contributed by atoms with Crippen LogP contribution in [0.3, 0.4) is 0 Å². The molecule has 0 fully saturated rings. The van der Waals surface area contributed by atoms with Crippen LogP contribution in [0.15, 0.2) is 18.2 Å². The third kappa shape index (κ3) is 4.44. The van der Waals surface area contributed by atoms with Crippen LogP contribution in [-0.2, 0) is 17.8 Å². The maximum Gasteiger partial charge on any atom is 0.348 e. The Bertz CT molecular complexity index is 830. The summed E-state index contributed by atoms with van der Waals surface area (Å²) >= 11 is 13.4. The maximum absolute atomic E-state index is 12.2. The molecule has 0 bridgehead atoms. The quantitative estimate of drug-likeness (QED) is 0.732. The van der Waals surface area contributed by atoms with Gasteiger partial charge in [-0.25, -0.2) is 4.79 Å². The number of esters is 1. The average molecular weight is 399 g/mol. The Morgan fingerprint density at radius 2 is 2.12 bits per heavy atom. The molecule has 132 valence electrons. The number of halogens is 2. The van der Waals surface area contributed by atoms with Crippen LogP contribution in [0.4, 0.5) is 5.00 Å². The highest BCUT2D eigenvalue weighted by molar-refractivity contribution is 7.18. The van der Waals surface area contributed by atoms with Crippen LogP contribution in [-0.4, -0.2) is 19.6 Å². The maximum atomic E-state index is 12.2. The first-order valence-electron chi connectivity index (χ1n) is 7.61. The van der Waals surface area contributed by atoms with Gasteiger partial charge in [-0.15, -0.1) is 11.3 Å². The zero-order valence-corrected chi connectivity index (χ0v) is 16.2. The van der Waals surface area contributed by atoms with Crippen LogP contribution >= 0.6 is 34.5 Å². The number of hydrogen-bond acceptors (Lipinski definition) is 5. The molecule has 2 aromatic rings. The summed E-state index contributed by atoms with van der Waals surface area (Å²) in [5.41, 5.74) is 7.74. The van der Waals surface area contributed by atoms with E-state index in [2.05, 4.69) is 6.07 Å². The largest absolute Gasteiger partial charge is 0.462 e. The Kier molecular flexibility index (Phi) is 6.68. The molecule has 5 nitrogen and oxygen atoms in total. The van der Waals surface area contributed by atoms with Crippen molar-refractivity contribution in [2.75, 3.05) is 19.4 Å². The predicted molar refractivity (Wildman–Crippen MR) is 100 cm³/mol. The number of quaternary nitrogens is 1. The molecule has 0 saturated heterocycles. The molecule has 0 saturated carbocycles. The molecule has 1 unspecified atom stereocenters. The fourth-order valence-electron chi connectivity index (χ4n) is 2.51. The molecule has 3 N–H and O–H groups in total. The van der Waals surface area contributed by atoms with E-state index < -0.39 is 5.97 Å². The van der Waals surface area contributed by atoms with Crippen molar-refractivity contribution in [2.24, 2.45) is 0 Å². The molecular weight excluding hydrogens is 381 g/mol. The fourth-order valence-corrected chi connectivity index (χ4v) is 3.83. The smallest absolute Gasteiger partial charge is 0.348 e. The van der Waals surface area contributed by atoms with Crippen molar-refractivity contribution >= 4 is 45.5 Å². The van der Waals surface area contributed by atoms with Crippen molar-refractivity contribution in [1.82, 2.24) is 0 Å². The lowest BCUT2D eigenvalue weighted by molar-refractivity contribution is -0.907. The Morgan fingerprint density at radius 1 is 1.40 bits per heavy atom. The van der Waals surface area contributed by atoms with Crippen LogP contribution in [0.1, 0.15) is 33.3 Å². The van der Waals surface area contributed by atoms with Gasteiger partial charge in [-0.3, -0.25) is 0 Å². The van der Waals surface area contributed by atoms with Gasteiger partial charge in [0.2, 0.25) is 0 Å². The van der Waals surface area contributed by atoms with E-state index in [4.69, 9.17) is 33.7 Å². The molecular formula is C17H18Cl2N3O2S+. The van der Waals surface area contributed by atoms with Gasteiger partial charge in [0.15, 0.2) is 0 Å². The highest BCUT2D eigenvalue weighted by Gasteiger charge is 2.25. The number of ether oxygens (including phenoxy) is 1. The van der Waals surface area contributed by atoms with Crippen LogP contribution in [0.5, 0.6) is 0 Å². The predicted octanol–water partition coefficient (Wildman–Crippen LogP) is 2.90. The zero-order valence-electron chi connectivity index (χ0n) is 13.9. The number of thiophene rings is 1. The van der Waals surface area contributed by atoms with Crippen molar-refractivity contribution in [3.05, 3.63) is 49.8 Å². The number of nitrogens with two attached hydrogens (primary N) is 1. The molecule has 1 atom stereocenters. The van der Waals surface area contributed by atoms with E-state index in [1.807, 2.05) is 19.2 Å². The SMILES string of the molecule is CCOC(=O)c1sc(N)c(C#N)c1C[NH+](C)Cc1cccc(Cl)c1Cl. The molecule has 2 rings (SSSR count). The van der Waals surface area contributed by atoms with Crippen molar-refractivity contribution in [3.8, 4) is 6.07 Å². The van der Waals surface area contributed by atoms with Crippen LogP contribution in [0.25, 0.3) is 0 Å². The first kappa shape index (κ1) is 19.5. The number of nitrogen functional groups attached to an aromatic ring is 1. The van der Waals surface area contributed by atoms with Gasteiger partial charge in [0, 0.05) is 5.56 Å². The minimum absolute atomic E-state index is 0.263. The number of benzene rings is 1. The number of anilines is 1. The molecule has 8 heteroatoms. The van der Waals surface area contributed by atoms with Gasteiger partial charge < -0.3 is 15.4 Å². The number of carbonyl (C=O) groups excluding carboxylic acids is 1. The third-order valence-corrected chi connectivity index (χ3v) is 5.51. The van der Waals surface area contributed by atoms with E-state index in [9.17, 15) is 10.1 Å². The first-order chi connectivity index (χ1) is 11.9. The minimum atomic E-state index is -0.454. The van der Waals surface area contributed by atoms with Crippen LogP contribution in [0, 0.1) is 11.3 Å². The number of nitriles is 1. The monoisotopic (exact) mass is 398 g/mol. The molecule has 0 aliphatic rings. The van der Waals surface area contributed by atoms with E-state index in [0.717, 1.165) is 21.8 Å². The van der Waals surface area contributed by atoms with E-state index in [-0.39, 0.29) is 6.61 Å². The fraction of sp³-hybridized carbons (Fsp3) is 0.294. The summed E-state index contributed by atoms with van der Waals surface area (Å²) in [6.07, 6.45) is 0. The summed E-state index contributed by atoms with van der Waals surface area (Å²) in [5.74, 6) is -0.454. The van der Waals surface area contributed by atoms with E-state index >= 15 is 0 Å². The van der Waals surface area contributed by atoms with Gasteiger partial charge in [-0.1, -0.05) is 35.3 Å². The lowest BCUT2D eigenvalue weighted by Gasteiger charge is -2.16. The number of hydrogen-bond donors (Lipinski definition) is 2. The second-order valence-electron chi connectivity index (χ2n) is 5.50. The van der Waals surface area contributed by atoms with E-state index in [1.165, 1.54) is 0 Å². The molecule has 0 aliphatic carbocycles. The second-order valence-corrected chi connectivity index (χ2v) is 7.34. The lowest BCUT2D eigenvalue weighted by Crippen LogP contribution is -3.06. The van der Waals surface area contributed by atoms with Crippen molar-refractivity contribution in [1.29, 1.82) is 5.26 Å². The van der Waals surface area contributed by atoms with Crippen molar-refractivity contribution in [2.45, 2.75) is 20.0 Å². The minimum Gasteiger partial charge on any atom is -0.462 e. The van der Waals surface area contributed by atoms with Gasteiger partial charge in [0.1, 0.15) is 29.0 Å². The Labute approximate surface area is 160 Å². The topological polar surface area (TPSA) is 80.5 Å². The van der Waals surface area contributed by atoms with Crippen molar-refractivity contribution in [3.63, 3.8) is 0 Å². The second kappa shape index (κ2) is 8.54. The Morgan fingerprint density at radius 3 is 2.76 bits per heavy atom. The molecule has 0 spiro atoms. The van der Waals surface area contributed by atoms with Crippen LogP contribution in [0.2, 0.25) is 10.0 Å². The van der Waals surface area contributed by atoms with Gasteiger partial charge in [0.05, 0.1) is 34.8 Å². The first-order valence-corrected chi connectivity index (χ1v) is 9.18. The molecule has 1 aromatic heterocycles. The van der Waals surface area contributed by atoms with E-state index in [0.29, 0.717) is 44.1 Å². The highest BCUT2D eigenvalue weighted by Crippen LogP contribution is 2.31. The highest BCUT2D eigenvalue weighted by atomic mass is 35.5. The normalized spacial score (nSPS) is 11.8. The van der Waals surface area contributed by atoms with Crippen LogP contribution < -0.4 is 10.6 Å². The van der Waals surface area contributed by atoms with E-state index in [1.54, 1.807) is 13.0 Å². The molecule has 0 amide bonds. The number of rotatable bonds is 6. The molecule has 25 heavy (non-hydrogen) atoms. The summed E-state index contributed by atoms with van der Waals surface area (Å²) in [5, 5.41) is 10.7. The third-order valence-electron chi connectivity index (χ3n) is 3.61. The number of carbonyl (C=O) groups is 1. The van der Waals surface area contributed by atoms with Gasteiger partial charge in [-0.2, -0.15) is 5.26 Å². The zero-order chi connectivity index (χ0) is 18.6. The Balaban J connectivity index is 2.28. The van der Waals surface area contributed by atoms with Gasteiger partial charge in [0.25, 0.3) is 0 Å². The van der Waals surface area contributed by atoms with Gasteiger partial charge >= 0.3 is 5.97 Å². The standard InChI is InChI=1S/C17H17Cl2N3O2S/c1-3-24-17(23)15-12(11(7-20)16(21)25-15)9-22(2)8-10-5-4-6-13(18)14(10)19/h4-6H,3,8-9,21H2,1-2H3/p+1. The molecule has 1 heterocycles. The molecule has 0 aliphatic heterocycles. The summed E-state index contributed by atoms with van der Waals surface area (Å²) in [7, 11) is 1.95. The number of nitrogens with one attached hydrogen (secondary N) is 1.